The molecule has 0 aromatic rings. The minimum atomic E-state index is -4.92. The van der Waals surface area contributed by atoms with Gasteiger partial charge in [0.1, 0.15) is 0 Å². The number of carbonyl (C=O) groups is 1. The predicted molar refractivity (Wildman–Crippen MR) is 31.4 cm³/mol. The SMILES string of the molecule is CN/C=C(/C=O)OOC(F)(F)F. The number of hydrogen-bond acceptors (Lipinski definition) is 4. The lowest BCUT2D eigenvalue weighted by atomic mass is 10.6. The minimum absolute atomic E-state index is 0.0717. The van der Waals surface area contributed by atoms with E-state index in [-0.39, 0.29) is 6.29 Å². The molecule has 1 N–H and O–H groups in total. The minimum Gasteiger partial charge on any atom is -0.391 e. The van der Waals surface area contributed by atoms with Crippen LogP contribution in [0.4, 0.5) is 13.2 Å². The van der Waals surface area contributed by atoms with Gasteiger partial charge < -0.3 is 10.2 Å². The number of carbonyl (C=O) groups excluding carboxylic acids is 1. The van der Waals surface area contributed by atoms with Gasteiger partial charge in [-0.3, -0.25) is 4.79 Å². The van der Waals surface area contributed by atoms with Crippen LogP contribution in [0, 0.1) is 0 Å². The first-order valence-electron chi connectivity index (χ1n) is 2.74. The lowest BCUT2D eigenvalue weighted by Crippen LogP contribution is -2.14. The van der Waals surface area contributed by atoms with Crippen LogP contribution in [0.2, 0.25) is 0 Å². The zero-order chi connectivity index (χ0) is 9.61. The Labute approximate surface area is 65.9 Å². The van der Waals surface area contributed by atoms with E-state index in [4.69, 9.17) is 0 Å². The summed E-state index contributed by atoms with van der Waals surface area (Å²) >= 11 is 0. The molecule has 4 nitrogen and oxygen atoms in total. The van der Waals surface area contributed by atoms with Crippen LogP contribution in [0.25, 0.3) is 0 Å². The van der Waals surface area contributed by atoms with Gasteiger partial charge in [0.05, 0.1) is 0 Å². The molecule has 0 heterocycles. The standard InChI is InChI=1S/C5H6F3NO3/c1-9-2-4(3-10)11-12-5(6,7)8/h2-3,9H,1H3/b4-2-. The fourth-order valence-electron chi connectivity index (χ4n) is 0.315. The van der Waals surface area contributed by atoms with Crippen LogP contribution in [0.3, 0.4) is 0 Å². The lowest BCUT2D eigenvalue weighted by molar-refractivity contribution is -0.467. The monoisotopic (exact) mass is 185 g/mol. The van der Waals surface area contributed by atoms with Crippen molar-refractivity contribution in [2.24, 2.45) is 0 Å². The molecular weight excluding hydrogens is 179 g/mol. The highest BCUT2D eigenvalue weighted by atomic mass is 19.4. The van der Waals surface area contributed by atoms with Crippen LogP contribution >= 0.6 is 0 Å². The highest BCUT2D eigenvalue weighted by molar-refractivity contribution is 5.69. The van der Waals surface area contributed by atoms with E-state index in [1.54, 1.807) is 0 Å². The molecule has 0 bridgehead atoms. The Kier molecular flexibility index (Phi) is 4.12. The fourth-order valence-corrected chi connectivity index (χ4v) is 0.315. The first-order valence-corrected chi connectivity index (χ1v) is 2.74. The molecule has 0 fully saturated rings. The summed E-state index contributed by atoms with van der Waals surface area (Å²) in [5.74, 6) is -0.602. The van der Waals surface area contributed by atoms with Crippen LogP contribution < -0.4 is 5.32 Å². The highest BCUT2D eigenvalue weighted by Crippen LogP contribution is 2.17. The molecular formula is C5H6F3NO3. The molecule has 0 spiro atoms. The van der Waals surface area contributed by atoms with Crippen LogP contribution in [0.1, 0.15) is 0 Å². The quantitative estimate of drug-likeness (QED) is 0.230. The average Bonchev–Trinajstić information content (AvgIpc) is 1.96. The lowest BCUT2D eigenvalue weighted by Gasteiger charge is -2.05. The zero-order valence-electron chi connectivity index (χ0n) is 6.01. The molecule has 0 atom stereocenters. The Balaban J connectivity index is 3.90. The third-order valence-electron chi connectivity index (χ3n) is 0.635. The maximum Gasteiger partial charge on any atom is 0.558 e. The molecule has 0 saturated carbocycles. The highest BCUT2D eigenvalue weighted by Gasteiger charge is 2.32. The fraction of sp³-hybridized carbons (Fsp3) is 0.400. The van der Waals surface area contributed by atoms with Gasteiger partial charge in [-0.05, 0) is 0 Å². The topological polar surface area (TPSA) is 47.6 Å². The Bertz CT molecular complexity index is 177. The summed E-state index contributed by atoms with van der Waals surface area (Å²) in [6, 6.07) is 0. The van der Waals surface area contributed by atoms with Gasteiger partial charge >= 0.3 is 6.36 Å². The summed E-state index contributed by atoms with van der Waals surface area (Å²) in [5, 5.41) is 2.29. The Morgan fingerprint density at radius 3 is 2.42 bits per heavy atom. The molecule has 0 aromatic heterocycles. The summed E-state index contributed by atoms with van der Waals surface area (Å²) in [4.78, 5) is 16.4. The third-order valence-corrected chi connectivity index (χ3v) is 0.635. The second-order valence-electron chi connectivity index (χ2n) is 1.57. The van der Waals surface area contributed by atoms with Gasteiger partial charge in [0, 0.05) is 13.2 Å². The second-order valence-corrected chi connectivity index (χ2v) is 1.57. The molecule has 0 unspecified atom stereocenters. The van der Waals surface area contributed by atoms with Gasteiger partial charge in [0.15, 0.2) is 6.29 Å². The van der Waals surface area contributed by atoms with Gasteiger partial charge in [0.2, 0.25) is 5.76 Å². The summed E-state index contributed by atoms with van der Waals surface area (Å²) in [6.07, 6.45) is -3.93. The first-order chi connectivity index (χ1) is 5.49. The second kappa shape index (κ2) is 4.60. The van der Waals surface area contributed by atoms with Gasteiger partial charge in [-0.1, -0.05) is 4.89 Å². The van der Waals surface area contributed by atoms with Crippen molar-refractivity contribution in [2.45, 2.75) is 6.36 Å². The van der Waals surface area contributed by atoms with Crippen molar-refractivity contribution in [2.75, 3.05) is 7.05 Å². The van der Waals surface area contributed by atoms with E-state index < -0.39 is 12.1 Å². The number of hydrogen-bond donors (Lipinski definition) is 1. The van der Waals surface area contributed by atoms with Crippen LogP contribution in [-0.4, -0.2) is 19.7 Å². The van der Waals surface area contributed by atoms with E-state index in [1.165, 1.54) is 7.05 Å². The number of halogens is 3. The molecule has 70 valence electrons. The smallest absolute Gasteiger partial charge is 0.391 e. The Morgan fingerprint density at radius 1 is 1.50 bits per heavy atom. The van der Waals surface area contributed by atoms with Gasteiger partial charge in [-0.25, -0.2) is 0 Å². The van der Waals surface area contributed by atoms with E-state index in [0.29, 0.717) is 0 Å². The van der Waals surface area contributed by atoms with Crippen LogP contribution in [0.5, 0.6) is 0 Å². The molecule has 0 rings (SSSR count). The molecule has 0 saturated heterocycles. The molecule has 0 amide bonds. The molecule has 7 heteroatoms. The first kappa shape index (κ1) is 10.8. The Morgan fingerprint density at radius 2 is 2.08 bits per heavy atom. The number of aldehydes is 1. The largest absolute Gasteiger partial charge is 0.558 e. The van der Waals surface area contributed by atoms with Gasteiger partial charge in [-0.15, -0.1) is 13.2 Å². The number of alkyl halides is 3. The number of nitrogens with one attached hydrogen (secondary N) is 1. The maximum atomic E-state index is 11.3. The molecule has 0 aromatic carbocycles. The van der Waals surface area contributed by atoms with Crippen molar-refractivity contribution in [1.82, 2.24) is 5.32 Å². The normalized spacial score (nSPS) is 12.5. The Hall–Kier alpha value is -1.24. The third kappa shape index (κ3) is 5.54. The number of allylic oxidation sites excluding steroid dienone is 1. The predicted octanol–water partition coefficient (Wildman–Crippen LogP) is 0.714. The van der Waals surface area contributed by atoms with Crippen molar-refractivity contribution in [1.29, 1.82) is 0 Å². The molecule has 12 heavy (non-hydrogen) atoms. The molecule has 0 aliphatic carbocycles. The van der Waals surface area contributed by atoms with E-state index in [2.05, 4.69) is 15.1 Å². The summed E-state index contributed by atoms with van der Waals surface area (Å²) in [6.45, 7) is 0. The van der Waals surface area contributed by atoms with Crippen molar-refractivity contribution < 1.29 is 27.7 Å². The molecule has 0 aliphatic rings. The van der Waals surface area contributed by atoms with E-state index >= 15 is 0 Å². The summed E-state index contributed by atoms with van der Waals surface area (Å²) in [5.41, 5.74) is 0. The van der Waals surface area contributed by atoms with E-state index in [9.17, 15) is 18.0 Å². The summed E-state index contributed by atoms with van der Waals surface area (Å²) < 4.78 is 33.8. The van der Waals surface area contributed by atoms with E-state index in [0.717, 1.165) is 6.20 Å². The van der Waals surface area contributed by atoms with Crippen molar-refractivity contribution >= 4 is 6.29 Å². The van der Waals surface area contributed by atoms with E-state index in [1.807, 2.05) is 0 Å². The number of rotatable bonds is 4. The molecule has 0 aliphatic heterocycles. The molecule has 0 radical (unpaired) electrons. The van der Waals surface area contributed by atoms with Gasteiger partial charge in [-0.2, -0.15) is 0 Å². The van der Waals surface area contributed by atoms with Crippen LogP contribution in [0.15, 0.2) is 12.0 Å². The zero-order valence-corrected chi connectivity index (χ0v) is 6.01. The van der Waals surface area contributed by atoms with Crippen molar-refractivity contribution in [3.05, 3.63) is 12.0 Å². The average molecular weight is 185 g/mol. The van der Waals surface area contributed by atoms with Crippen molar-refractivity contribution in [3.8, 4) is 0 Å². The van der Waals surface area contributed by atoms with Crippen molar-refractivity contribution in [3.63, 3.8) is 0 Å². The van der Waals surface area contributed by atoms with Crippen LogP contribution in [-0.2, 0) is 14.6 Å². The summed E-state index contributed by atoms with van der Waals surface area (Å²) in [7, 11) is 1.39. The maximum absolute atomic E-state index is 11.3. The van der Waals surface area contributed by atoms with Gasteiger partial charge in [0.25, 0.3) is 0 Å².